The first-order valence-corrected chi connectivity index (χ1v) is 7.52. The van der Waals surface area contributed by atoms with E-state index in [4.69, 9.17) is 10.5 Å². The highest BCUT2D eigenvalue weighted by Gasteiger charge is 2.30. The molecule has 4 N–H and O–H groups in total. The zero-order valence-corrected chi connectivity index (χ0v) is 14.9. The standard InChI is InChI=1S/C17H23N3O3.ClH/c1-17(2,16(22)23-3)10-20-15(21)13(18)8-11-9-19-14-7-5-4-6-12(11)14;/h4-7,9,13,19H,8,10,18H2,1-3H3,(H,20,21);1H/t13-;/m0./s1. The number of H-pyrrole nitrogens is 1. The van der Waals surface area contributed by atoms with Gasteiger partial charge in [-0.15, -0.1) is 12.4 Å². The lowest BCUT2D eigenvalue weighted by molar-refractivity contribution is -0.150. The van der Waals surface area contributed by atoms with Gasteiger partial charge in [0, 0.05) is 23.6 Å². The number of hydrogen-bond donors (Lipinski definition) is 3. The van der Waals surface area contributed by atoms with Crippen LogP contribution in [0.25, 0.3) is 10.9 Å². The number of amides is 1. The van der Waals surface area contributed by atoms with Gasteiger partial charge in [0.15, 0.2) is 0 Å². The number of aromatic nitrogens is 1. The number of nitrogens with one attached hydrogen (secondary N) is 2. The van der Waals surface area contributed by atoms with Crippen LogP contribution < -0.4 is 11.1 Å². The molecule has 0 aliphatic rings. The quantitative estimate of drug-likeness (QED) is 0.689. The maximum absolute atomic E-state index is 12.2. The zero-order chi connectivity index (χ0) is 17.0. The lowest BCUT2D eigenvalue weighted by Gasteiger charge is -2.22. The number of halogens is 1. The van der Waals surface area contributed by atoms with Gasteiger partial charge in [0.25, 0.3) is 0 Å². The van der Waals surface area contributed by atoms with Gasteiger partial charge >= 0.3 is 5.97 Å². The van der Waals surface area contributed by atoms with Crippen LogP contribution in [0, 0.1) is 5.41 Å². The molecule has 2 aromatic rings. The first-order chi connectivity index (χ1) is 10.8. The molecule has 24 heavy (non-hydrogen) atoms. The van der Waals surface area contributed by atoms with E-state index in [0.29, 0.717) is 6.42 Å². The molecular weight excluding hydrogens is 330 g/mol. The molecule has 132 valence electrons. The number of nitrogens with two attached hydrogens (primary N) is 1. The summed E-state index contributed by atoms with van der Waals surface area (Å²) in [5, 5.41) is 3.78. The number of fused-ring (bicyclic) bond motifs is 1. The monoisotopic (exact) mass is 353 g/mol. The Morgan fingerprint density at radius 2 is 2.00 bits per heavy atom. The van der Waals surface area contributed by atoms with Crippen LogP contribution >= 0.6 is 12.4 Å². The normalized spacial score (nSPS) is 12.3. The van der Waals surface area contributed by atoms with Crippen LogP contribution in [0.3, 0.4) is 0 Å². The minimum absolute atomic E-state index is 0. The maximum Gasteiger partial charge on any atom is 0.313 e. The van der Waals surface area contributed by atoms with E-state index in [-0.39, 0.29) is 30.8 Å². The summed E-state index contributed by atoms with van der Waals surface area (Å²) in [4.78, 5) is 26.9. The first kappa shape index (κ1) is 20.0. The Balaban J connectivity index is 0.00000288. The molecule has 1 aromatic carbocycles. The summed E-state index contributed by atoms with van der Waals surface area (Å²) >= 11 is 0. The van der Waals surface area contributed by atoms with Crippen molar-refractivity contribution in [3.05, 3.63) is 36.0 Å². The van der Waals surface area contributed by atoms with Crippen LogP contribution in [0.5, 0.6) is 0 Å². The Kier molecular flexibility index (Phi) is 6.81. The Bertz CT molecular complexity index is 712. The van der Waals surface area contributed by atoms with Crippen molar-refractivity contribution in [2.75, 3.05) is 13.7 Å². The predicted molar refractivity (Wildman–Crippen MR) is 96.0 cm³/mol. The van der Waals surface area contributed by atoms with Crippen LogP contribution in [-0.2, 0) is 20.7 Å². The van der Waals surface area contributed by atoms with Crippen molar-refractivity contribution in [2.45, 2.75) is 26.3 Å². The number of carbonyl (C=O) groups excluding carboxylic acids is 2. The number of hydrogen-bond acceptors (Lipinski definition) is 4. The van der Waals surface area contributed by atoms with E-state index in [9.17, 15) is 9.59 Å². The summed E-state index contributed by atoms with van der Waals surface area (Å²) < 4.78 is 4.72. The molecule has 1 atom stereocenters. The van der Waals surface area contributed by atoms with Crippen molar-refractivity contribution in [3.8, 4) is 0 Å². The molecule has 6 nitrogen and oxygen atoms in total. The molecule has 1 amide bonds. The number of methoxy groups -OCH3 is 1. The van der Waals surface area contributed by atoms with Crippen molar-refractivity contribution < 1.29 is 14.3 Å². The minimum atomic E-state index is -0.787. The highest BCUT2D eigenvalue weighted by Crippen LogP contribution is 2.19. The molecule has 0 bridgehead atoms. The van der Waals surface area contributed by atoms with E-state index in [2.05, 4.69) is 10.3 Å². The molecule has 0 spiro atoms. The highest BCUT2D eigenvalue weighted by atomic mass is 35.5. The van der Waals surface area contributed by atoms with Gasteiger partial charge in [-0.05, 0) is 31.9 Å². The van der Waals surface area contributed by atoms with Gasteiger partial charge in [0.05, 0.1) is 18.6 Å². The smallest absolute Gasteiger partial charge is 0.313 e. The Labute approximate surface area is 147 Å². The molecule has 0 radical (unpaired) electrons. The number of esters is 1. The van der Waals surface area contributed by atoms with E-state index in [1.165, 1.54) is 7.11 Å². The van der Waals surface area contributed by atoms with Crippen LogP contribution in [0.1, 0.15) is 19.4 Å². The molecule has 1 heterocycles. The summed E-state index contributed by atoms with van der Waals surface area (Å²) in [6.07, 6.45) is 2.30. The molecule has 0 saturated heterocycles. The van der Waals surface area contributed by atoms with Crippen molar-refractivity contribution >= 4 is 35.2 Å². The predicted octanol–water partition coefficient (Wildman–Crippen LogP) is 1.77. The second-order valence-corrected chi connectivity index (χ2v) is 6.26. The third kappa shape index (κ3) is 4.49. The Morgan fingerprint density at radius 3 is 2.67 bits per heavy atom. The minimum Gasteiger partial charge on any atom is -0.469 e. The number of benzene rings is 1. The average molecular weight is 354 g/mol. The van der Waals surface area contributed by atoms with Crippen molar-refractivity contribution in [1.82, 2.24) is 10.3 Å². The van der Waals surface area contributed by atoms with E-state index in [1.807, 2.05) is 30.5 Å². The number of para-hydroxylation sites is 1. The fourth-order valence-corrected chi connectivity index (χ4v) is 2.42. The first-order valence-electron chi connectivity index (χ1n) is 7.52. The summed E-state index contributed by atoms with van der Waals surface area (Å²) in [5.74, 6) is -0.657. The van der Waals surface area contributed by atoms with Crippen LogP contribution in [-0.4, -0.2) is 36.6 Å². The van der Waals surface area contributed by atoms with Gasteiger partial charge in [-0.2, -0.15) is 0 Å². The summed E-state index contributed by atoms with van der Waals surface area (Å²) in [7, 11) is 1.33. The second kappa shape index (κ2) is 8.17. The van der Waals surface area contributed by atoms with Gasteiger partial charge in [0.2, 0.25) is 5.91 Å². The molecule has 0 saturated carbocycles. The highest BCUT2D eigenvalue weighted by molar-refractivity contribution is 5.86. The summed E-state index contributed by atoms with van der Waals surface area (Å²) in [6, 6.07) is 7.19. The lowest BCUT2D eigenvalue weighted by atomic mass is 9.93. The molecule has 0 fully saturated rings. The van der Waals surface area contributed by atoms with Crippen molar-refractivity contribution in [2.24, 2.45) is 11.1 Å². The van der Waals surface area contributed by atoms with E-state index in [0.717, 1.165) is 16.5 Å². The van der Waals surface area contributed by atoms with Crippen LogP contribution in [0.15, 0.2) is 30.5 Å². The average Bonchev–Trinajstić information content (AvgIpc) is 2.95. The van der Waals surface area contributed by atoms with E-state index in [1.54, 1.807) is 13.8 Å². The number of aromatic amines is 1. The third-order valence-electron chi connectivity index (χ3n) is 3.89. The second-order valence-electron chi connectivity index (χ2n) is 6.26. The van der Waals surface area contributed by atoms with Crippen LogP contribution in [0.2, 0.25) is 0 Å². The van der Waals surface area contributed by atoms with E-state index >= 15 is 0 Å². The summed E-state index contributed by atoms with van der Waals surface area (Å²) in [6.45, 7) is 3.61. The third-order valence-corrected chi connectivity index (χ3v) is 3.89. The van der Waals surface area contributed by atoms with E-state index < -0.39 is 11.5 Å². The SMILES string of the molecule is COC(=O)C(C)(C)CNC(=O)[C@@H](N)Cc1c[nH]c2ccccc12.Cl. The molecule has 2 rings (SSSR count). The number of rotatable bonds is 6. The fourth-order valence-electron chi connectivity index (χ4n) is 2.42. The Hall–Kier alpha value is -2.05. The number of carbonyl (C=O) groups is 2. The largest absolute Gasteiger partial charge is 0.469 e. The van der Waals surface area contributed by atoms with Gasteiger partial charge in [-0.3, -0.25) is 9.59 Å². The molecule has 0 aliphatic heterocycles. The molecule has 1 aromatic heterocycles. The van der Waals surface area contributed by atoms with Crippen LogP contribution in [0.4, 0.5) is 0 Å². The maximum atomic E-state index is 12.2. The molecule has 0 aliphatic carbocycles. The van der Waals surface area contributed by atoms with Crippen molar-refractivity contribution in [1.29, 1.82) is 0 Å². The van der Waals surface area contributed by atoms with Gasteiger partial charge < -0.3 is 20.8 Å². The van der Waals surface area contributed by atoms with Gasteiger partial charge in [0.1, 0.15) is 0 Å². The molecular formula is C17H24ClN3O3. The van der Waals surface area contributed by atoms with Crippen molar-refractivity contribution in [3.63, 3.8) is 0 Å². The number of ether oxygens (including phenoxy) is 1. The topological polar surface area (TPSA) is 97.2 Å². The molecule has 0 unspecified atom stereocenters. The fraction of sp³-hybridized carbons (Fsp3) is 0.412. The van der Waals surface area contributed by atoms with Gasteiger partial charge in [-0.1, -0.05) is 18.2 Å². The van der Waals surface area contributed by atoms with Gasteiger partial charge in [-0.25, -0.2) is 0 Å². The molecule has 7 heteroatoms. The lowest BCUT2D eigenvalue weighted by Crippen LogP contribution is -2.47. The Morgan fingerprint density at radius 1 is 1.33 bits per heavy atom. The zero-order valence-electron chi connectivity index (χ0n) is 14.1. The summed E-state index contributed by atoms with van der Waals surface area (Å²) in [5.41, 5.74) is 7.22.